The zero-order valence-electron chi connectivity index (χ0n) is 10.9. The summed E-state index contributed by atoms with van der Waals surface area (Å²) in [6.45, 7) is 0.232. The van der Waals surface area contributed by atoms with Crippen molar-refractivity contribution >= 4 is 11.9 Å². The van der Waals surface area contributed by atoms with Crippen LogP contribution in [-0.2, 0) is 14.3 Å². The van der Waals surface area contributed by atoms with Crippen LogP contribution in [0.4, 0.5) is 4.39 Å². The summed E-state index contributed by atoms with van der Waals surface area (Å²) in [6, 6.07) is 8.91. The lowest BCUT2D eigenvalue weighted by atomic mass is 10.1. The third-order valence-electron chi connectivity index (χ3n) is 3.08. The van der Waals surface area contributed by atoms with Gasteiger partial charge >= 0.3 is 11.9 Å². The third kappa shape index (κ3) is 2.65. The van der Waals surface area contributed by atoms with Gasteiger partial charge in [0.2, 0.25) is 11.9 Å². The highest BCUT2D eigenvalue weighted by molar-refractivity contribution is 5.89. The maximum atomic E-state index is 13.6. The van der Waals surface area contributed by atoms with E-state index in [1.165, 1.54) is 24.3 Å². The molecule has 1 saturated heterocycles. The summed E-state index contributed by atoms with van der Waals surface area (Å²) < 4.78 is 28.6. The summed E-state index contributed by atoms with van der Waals surface area (Å²) in [7, 11) is 0. The van der Waals surface area contributed by atoms with E-state index in [9.17, 15) is 14.0 Å². The second-order valence-electron chi connectivity index (χ2n) is 4.49. The van der Waals surface area contributed by atoms with Crippen molar-refractivity contribution < 1.29 is 27.9 Å². The second-order valence-corrected chi connectivity index (χ2v) is 4.49. The van der Waals surface area contributed by atoms with Crippen LogP contribution >= 0.6 is 0 Å². The van der Waals surface area contributed by atoms with Gasteiger partial charge < -0.3 is 13.9 Å². The van der Waals surface area contributed by atoms with Crippen LogP contribution in [0.25, 0.3) is 11.3 Å². The molecule has 0 amide bonds. The van der Waals surface area contributed by atoms with E-state index in [1.807, 2.05) is 0 Å². The predicted molar refractivity (Wildman–Crippen MR) is 68.9 cm³/mol. The Morgan fingerprint density at radius 2 is 2.05 bits per heavy atom. The Kier molecular flexibility index (Phi) is 3.43. The lowest BCUT2D eigenvalue weighted by Gasteiger charge is -2.06. The van der Waals surface area contributed by atoms with Crippen LogP contribution in [0.1, 0.15) is 17.0 Å². The van der Waals surface area contributed by atoms with Gasteiger partial charge in [0.05, 0.1) is 12.2 Å². The fourth-order valence-electron chi connectivity index (χ4n) is 2.03. The molecule has 1 unspecified atom stereocenters. The molecule has 0 saturated carbocycles. The molecule has 1 aromatic carbocycles. The number of carbonyl (C=O) groups excluding carboxylic acids is 2. The van der Waals surface area contributed by atoms with Crippen LogP contribution in [0.2, 0.25) is 0 Å². The Bertz CT molecular complexity index is 691. The van der Waals surface area contributed by atoms with Crippen molar-refractivity contribution in [3.63, 3.8) is 0 Å². The maximum Gasteiger partial charge on any atom is 0.375 e. The van der Waals surface area contributed by atoms with E-state index in [0.29, 0.717) is 6.42 Å². The van der Waals surface area contributed by atoms with Gasteiger partial charge in [0, 0.05) is 6.42 Å². The molecular formula is C15H11FO5. The monoisotopic (exact) mass is 290 g/mol. The minimum Gasteiger partial charge on any atom is -0.463 e. The van der Waals surface area contributed by atoms with E-state index in [1.54, 1.807) is 12.1 Å². The lowest BCUT2D eigenvalue weighted by molar-refractivity contribution is -0.145. The highest BCUT2D eigenvalue weighted by Gasteiger charge is 2.31. The molecule has 1 fully saturated rings. The van der Waals surface area contributed by atoms with Crippen molar-refractivity contribution in [1.29, 1.82) is 0 Å². The largest absolute Gasteiger partial charge is 0.463 e. The predicted octanol–water partition coefficient (Wildman–Crippen LogP) is 2.56. The molecule has 5 nitrogen and oxygen atoms in total. The minimum atomic E-state index is -0.903. The first-order valence-electron chi connectivity index (χ1n) is 6.37. The van der Waals surface area contributed by atoms with Gasteiger partial charge in [-0.05, 0) is 24.3 Å². The smallest absolute Gasteiger partial charge is 0.375 e. The first kappa shape index (κ1) is 13.4. The molecule has 0 bridgehead atoms. The number of esters is 2. The zero-order valence-corrected chi connectivity index (χ0v) is 10.9. The van der Waals surface area contributed by atoms with Crippen molar-refractivity contribution in [3.8, 4) is 11.3 Å². The van der Waals surface area contributed by atoms with Crippen molar-refractivity contribution in [2.75, 3.05) is 6.61 Å². The molecule has 1 aromatic heterocycles. The molecule has 108 valence electrons. The normalized spacial score (nSPS) is 17.6. The molecule has 3 rings (SSSR count). The first-order chi connectivity index (χ1) is 10.1. The van der Waals surface area contributed by atoms with E-state index >= 15 is 0 Å². The molecule has 0 N–H and O–H groups in total. The highest BCUT2D eigenvalue weighted by atomic mass is 19.1. The van der Waals surface area contributed by atoms with Gasteiger partial charge in [-0.1, -0.05) is 12.1 Å². The average molecular weight is 290 g/mol. The number of ether oxygens (including phenoxy) is 2. The van der Waals surface area contributed by atoms with Crippen molar-refractivity contribution in [1.82, 2.24) is 0 Å². The Morgan fingerprint density at radius 1 is 1.24 bits per heavy atom. The molecule has 0 aliphatic carbocycles. The Hall–Kier alpha value is -2.63. The van der Waals surface area contributed by atoms with Gasteiger partial charge in [-0.25, -0.2) is 14.0 Å². The molecule has 2 aromatic rings. The quantitative estimate of drug-likeness (QED) is 0.813. The van der Waals surface area contributed by atoms with E-state index in [-0.39, 0.29) is 23.7 Å². The Balaban J connectivity index is 1.77. The topological polar surface area (TPSA) is 65.7 Å². The highest BCUT2D eigenvalue weighted by Crippen LogP contribution is 2.25. The summed E-state index contributed by atoms with van der Waals surface area (Å²) in [4.78, 5) is 23.1. The number of carbonyl (C=O) groups is 2. The molecule has 2 heterocycles. The van der Waals surface area contributed by atoms with Gasteiger partial charge in [-0.2, -0.15) is 0 Å². The van der Waals surface area contributed by atoms with Crippen LogP contribution in [0.3, 0.4) is 0 Å². The molecule has 0 radical (unpaired) electrons. The SMILES string of the molecule is O=C(OC1CCOC1=O)c1ccc(-c2ccccc2F)o1. The van der Waals surface area contributed by atoms with E-state index in [2.05, 4.69) is 0 Å². The first-order valence-corrected chi connectivity index (χ1v) is 6.37. The van der Waals surface area contributed by atoms with Gasteiger partial charge in [0.25, 0.3) is 0 Å². The number of hydrogen-bond donors (Lipinski definition) is 0. The Labute approximate surface area is 119 Å². The molecule has 0 spiro atoms. The number of furan rings is 1. The van der Waals surface area contributed by atoms with Crippen LogP contribution in [0, 0.1) is 5.82 Å². The molecule has 1 aliphatic heterocycles. The summed E-state index contributed by atoms with van der Waals surface area (Å²) in [5.74, 6) is -1.67. The molecule has 21 heavy (non-hydrogen) atoms. The van der Waals surface area contributed by atoms with Crippen LogP contribution in [0.15, 0.2) is 40.8 Å². The third-order valence-corrected chi connectivity index (χ3v) is 3.08. The molecule has 1 aliphatic rings. The van der Waals surface area contributed by atoms with Gasteiger partial charge in [-0.15, -0.1) is 0 Å². The van der Waals surface area contributed by atoms with E-state index in [0.717, 1.165) is 0 Å². The summed E-state index contributed by atoms with van der Waals surface area (Å²) in [5, 5.41) is 0. The molecule has 1 atom stereocenters. The lowest BCUT2D eigenvalue weighted by Crippen LogP contribution is -2.22. The summed E-state index contributed by atoms with van der Waals surface area (Å²) in [6.07, 6.45) is -0.578. The summed E-state index contributed by atoms with van der Waals surface area (Å²) >= 11 is 0. The van der Waals surface area contributed by atoms with Crippen molar-refractivity contribution in [3.05, 3.63) is 48.0 Å². The Morgan fingerprint density at radius 3 is 2.76 bits per heavy atom. The molecule has 6 heteroatoms. The van der Waals surface area contributed by atoms with Gasteiger partial charge in [-0.3, -0.25) is 0 Å². The van der Waals surface area contributed by atoms with E-state index in [4.69, 9.17) is 13.9 Å². The minimum absolute atomic E-state index is 0.0899. The average Bonchev–Trinajstić information content (AvgIpc) is 3.09. The van der Waals surface area contributed by atoms with Gasteiger partial charge in [0.15, 0.2) is 0 Å². The number of rotatable bonds is 3. The van der Waals surface area contributed by atoms with E-state index < -0.39 is 23.9 Å². The summed E-state index contributed by atoms with van der Waals surface area (Å²) in [5.41, 5.74) is 0.247. The number of benzene rings is 1. The van der Waals surface area contributed by atoms with Crippen LogP contribution in [0.5, 0.6) is 0 Å². The number of hydrogen-bond acceptors (Lipinski definition) is 5. The van der Waals surface area contributed by atoms with Gasteiger partial charge in [0.1, 0.15) is 11.6 Å². The van der Waals surface area contributed by atoms with Crippen LogP contribution < -0.4 is 0 Å². The fourth-order valence-corrected chi connectivity index (χ4v) is 2.03. The second kappa shape index (κ2) is 5.40. The maximum absolute atomic E-state index is 13.6. The molecular weight excluding hydrogens is 279 g/mol. The standard InChI is InChI=1S/C15H11FO5/c16-10-4-2-1-3-9(10)11-5-6-12(20-11)15(18)21-13-7-8-19-14(13)17/h1-6,13H,7-8H2. The van der Waals surface area contributed by atoms with Crippen LogP contribution in [-0.4, -0.2) is 24.6 Å². The van der Waals surface area contributed by atoms with Crippen molar-refractivity contribution in [2.24, 2.45) is 0 Å². The zero-order chi connectivity index (χ0) is 14.8. The van der Waals surface area contributed by atoms with Crippen molar-refractivity contribution in [2.45, 2.75) is 12.5 Å². The fraction of sp³-hybridized carbons (Fsp3) is 0.200. The number of cyclic esters (lactones) is 1. The number of halogens is 1.